The zero-order valence-corrected chi connectivity index (χ0v) is 12.5. The van der Waals surface area contributed by atoms with Crippen LogP contribution in [0.1, 0.15) is 49.7 Å². The Labute approximate surface area is 117 Å². The molecule has 0 amide bonds. The van der Waals surface area contributed by atoms with Crippen LogP contribution in [0.5, 0.6) is 0 Å². The van der Waals surface area contributed by atoms with Gasteiger partial charge in [-0.25, -0.2) is 9.78 Å². The molecule has 1 heterocycles. The number of hydrogen-bond donors (Lipinski definition) is 1. The van der Waals surface area contributed by atoms with Crippen molar-refractivity contribution in [3.63, 3.8) is 0 Å². The third-order valence-electron chi connectivity index (χ3n) is 2.89. The van der Waals surface area contributed by atoms with Crippen molar-refractivity contribution in [2.45, 2.75) is 46.1 Å². The molecule has 0 fully saturated rings. The Kier molecular flexibility index (Phi) is 5.88. The highest BCUT2D eigenvalue weighted by Crippen LogP contribution is 2.31. The van der Waals surface area contributed by atoms with E-state index in [2.05, 4.69) is 30.7 Å². The van der Waals surface area contributed by atoms with Crippen molar-refractivity contribution in [3.05, 3.63) is 10.0 Å². The molecular weight excluding hydrogens is 272 g/mol. The van der Waals surface area contributed by atoms with E-state index in [1.54, 1.807) is 0 Å². The molecule has 6 heteroatoms. The average molecular weight is 291 g/mol. The predicted octanol–water partition coefficient (Wildman–Crippen LogP) is 3.90. The predicted molar refractivity (Wildman–Crippen MR) is 76.1 cm³/mol. The number of thiazole rings is 1. The minimum absolute atomic E-state index is 0.0901. The van der Waals surface area contributed by atoms with Crippen LogP contribution in [0.25, 0.3) is 0 Å². The van der Waals surface area contributed by atoms with Gasteiger partial charge in [0, 0.05) is 12.6 Å². The molecule has 102 valence electrons. The molecule has 1 atom stereocenters. The smallest absolute Gasteiger partial charge is 0.349 e. The number of nitrogens with zero attached hydrogens (tertiary/aromatic N) is 2. The fraction of sp³-hybridized carbons (Fsp3) is 0.667. The van der Waals surface area contributed by atoms with Crippen molar-refractivity contribution in [3.8, 4) is 0 Å². The standard InChI is InChI=1S/C12H19ClN2O2S/c1-4-6-7-15(8(3)5-2)12-14-10(13)9(18-12)11(16)17/h8H,4-7H2,1-3H3,(H,16,17). The van der Waals surface area contributed by atoms with Gasteiger partial charge < -0.3 is 10.0 Å². The summed E-state index contributed by atoms with van der Waals surface area (Å²) in [5, 5.41) is 9.80. The molecule has 0 saturated heterocycles. The van der Waals surface area contributed by atoms with Crippen molar-refractivity contribution in [1.29, 1.82) is 0 Å². The molecule has 0 aliphatic heterocycles. The van der Waals surface area contributed by atoms with Crippen molar-refractivity contribution in [2.75, 3.05) is 11.4 Å². The van der Waals surface area contributed by atoms with Gasteiger partial charge in [0.1, 0.15) is 0 Å². The number of hydrogen-bond acceptors (Lipinski definition) is 4. The summed E-state index contributed by atoms with van der Waals surface area (Å²) in [7, 11) is 0. The first kappa shape index (κ1) is 15.2. The molecule has 0 radical (unpaired) electrons. The molecule has 18 heavy (non-hydrogen) atoms. The summed E-state index contributed by atoms with van der Waals surface area (Å²) in [5.41, 5.74) is 0. The summed E-state index contributed by atoms with van der Waals surface area (Å²) < 4.78 is 0. The van der Waals surface area contributed by atoms with E-state index in [9.17, 15) is 4.79 Å². The zero-order chi connectivity index (χ0) is 13.7. The SMILES string of the molecule is CCCCN(c1nc(Cl)c(C(=O)O)s1)C(C)CC. The van der Waals surface area contributed by atoms with Crippen molar-refractivity contribution < 1.29 is 9.90 Å². The average Bonchev–Trinajstić information content (AvgIpc) is 2.71. The number of carbonyl (C=O) groups is 1. The van der Waals surface area contributed by atoms with Crippen LogP contribution in [0.2, 0.25) is 5.15 Å². The number of aromatic carboxylic acids is 1. The molecule has 1 aromatic rings. The van der Waals surface area contributed by atoms with Crippen molar-refractivity contribution >= 4 is 34.0 Å². The number of carboxylic acids is 1. The highest BCUT2D eigenvalue weighted by molar-refractivity contribution is 7.18. The minimum atomic E-state index is -1.01. The van der Waals surface area contributed by atoms with E-state index >= 15 is 0 Å². The topological polar surface area (TPSA) is 53.4 Å². The molecular formula is C12H19ClN2O2S. The van der Waals surface area contributed by atoms with E-state index in [-0.39, 0.29) is 10.0 Å². The van der Waals surface area contributed by atoms with Gasteiger partial charge >= 0.3 is 5.97 Å². The number of anilines is 1. The van der Waals surface area contributed by atoms with Crippen LogP contribution in [0, 0.1) is 0 Å². The van der Waals surface area contributed by atoms with Crippen molar-refractivity contribution in [2.24, 2.45) is 0 Å². The largest absolute Gasteiger partial charge is 0.477 e. The Morgan fingerprint density at radius 2 is 2.22 bits per heavy atom. The van der Waals surface area contributed by atoms with E-state index < -0.39 is 5.97 Å². The van der Waals surface area contributed by atoms with E-state index in [0.717, 1.165) is 37.1 Å². The quantitative estimate of drug-likeness (QED) is 0.827. The van der Waals surface area contributed by atoms with E-state index in [4.69, 9.17) is 16.7 Å². The van der Waals surface area contributed by atoms with Gasteiger partial charge in [-0.05, 0) is 19.8 Å². The van der Waals surface area contributed by atoms with Gasteiger partial charge in [0.05, 0.1) is 0 Å². The van der Waals surface area contributed by atoms with Gasteiger partial charge in [-0.1, -0.05) is 43.2 Å². The van der Waals surface area contributed by atoms with Gasteiger partial charge in [-0.2, -0.15) is 0 Å². The first-order valence-electron chi connectivity index (χ1n) is 6.17. The van der Waals surface area contributed by atoms with Crippen LogP contribution in [-0.4, -0.2) is 28.6 Å². The van der Waals surface area contributed by atoms with Gasteiger partial charge in [0.15, 0.2) is 15.2 Å². The monoisotopic (exact) mass is 290 g/mol. The van der Waals surface area contributed by atoms with Crippen LogP contribution >= 0.6 is 22.9 Å². The fourth-order valence-electron chi connectivity index (χ4n) is 1.60. The number of unbranched alkanes of at least 4 members (excludes halogenated alkanes) is 1. The van der Waals surface area contributed by atoms with Gasteiger partial charge in [0.2, 0.25) is 0 Å². The van der Waals surface area contributed by atoms with Crippen LogP contribution in [-0.2, 0) is 0 Å². The second-order valence-electron chi connectivity index (χ2n) is 4.23. The van der Waals surface area contributed by atoms with Crippen molar-refractivity contribution in [1.82, 2.24) is 4.98 Å². The Bertz CT molecular complexity index is 409. The molecule has 0 bridgehead atoms. The number of carboxylic acid groups (broad SMARTS) is 1. The minimum Gasteiger partial charge on any atom is -0.477 e. The maximum Gasteiger partial charge on any atom is 0.349 e. The molecule has 1 N–H and O–H groups in total. The van der Waals surface area contributed by atoms with Crippen LogP contribution in [0.15, 0.2) is 0 Å². The third kappa shape index (κ3) is 3.59. The highest BCUT2D eigenvalue weighted by atomic mass is 35.5. The number of rotatable bonds is 7. The highest BCUT2D eigenvalue weighted by Gasteiger charge is 2.21. The summed E-state index contributed by atoms with van der Waals surface area (Å²) in [6.45, 7) is 7.24. The van der Waals surface area contributed by atoms with E-state index in [1.807, 2.05) is 0 Å². The Balaban J connectivity index is 2.97. The molecule has 1 rings (SSSR count). The second kappa shape index (κ2) is 6.95. The van der Waals surface area contributed by atoms with Crippen LogP contribution < -0.4 is 4.90 Å². The summed E-state index contributed by atoms with van der Waals surface area (Å²) in [6.07, 6.45) is 3.14. The normalized spacial score (nSPS) is 12.4. The molecule has 0 aliphatic rings. The Morgan fingerprint density at radius 1 is 1.56 bits per heavy atom. The lowest BCUT2D eigenvalue weighted by Crippen LogP contribution is -2.33. The molecule has 0 aromatic carbocycles. The summed E-state index contributed by atoms with van der Waals surface area (Å²) in [6, 6.07) is 0.334. The first-order chi connectivity index (χ1) is 8.51. The first-order valence-corrected chi connectivity index (χ1v) is 7.36. The third-order valence-corrected chi connectivity index (χ3v) is 4.36. The van der Waals surface area contributed by atoms with Gasteiger partial charge in [-0.3, -0.25) is 0 Å². The molecule has 0 spiro atoms. The summed E-state index contributed by atoms with van der Waals surface area (Å²) >= 11 is 7.01. The molecule has 0 saturated carbocycles. The number of aromatic nitrogens is 1. The van der Waals surface area contributed by atoms with Gasteiger partial charge in [-0.15, -0.1) is 0 Å². The maximum atomic E-state index is 11.0. The lowest BCUT2D eigenvalue weighted by molar-refractivity contribution is 0.0702. The van der Waals surface area contributed by atoms with Crippen LogP contribution in [0.4, 0.5) is 5.13 Å². The molecule has 1 unspecified atom stereocenters. The second-order valence-corrected chi connectivity index (χ2v) is 5.56. The lowest BCUT2D eigenvalue weighted by Gasteiger charge is -2.27. The lowest BCUT2D eigenvalue weighted by atomic mass is 10.2. The Morgan fingerprint density at radius 3 is 2.67 bits per heavy atom. The summed E-state index contributed by atoms with van der Waals surface area (Å²) in [4.78, 5) is 17.4. The number of halogens is 1. The zero-order valence-electron chi connectivity index (χ0n) is 10.9. The molecule has 0 aliphatic carbocycles. The van der Waals surface area contributed by atoms with Crippen LogP contribution in [0.3, 0.4) is 0 Å². The van der Waals surface area contributed by atoms with E-state index in [1.165, 1.54) is 0 Å². The molecule has 1 aromatic heterocycles. The maximum absolute atomic E-state index is 11.0. The summed E-state index contributed by atoms with van der Waals surface area (Å²) in [5.74, 6) is -1.01. The molecule has 4 nitrogen and oxygen atoms in total. The Hall–Kier alpha value is -0.810. The van der Waals surface area contributed by atoms with Gasteiger partial charge in [0.25, 0.3) is 0 Å². The fourth-order valence-corrected chi connectivity index (χ4v) is 2.85. The van der Waals surface area contributed by atoms with E-state index in [0.29, 0.717) is 11.2 Å².